The number of rotatable bonds is 4. The molecule has 16 heavy (non-hydrogen) atoms. The minimum atomic E-state index is -0.0112. The quantitative estimate of drug-likeness (QED) is 0.826. The topological polar surface area (TPSA) is 29.1 Å². The molecule has 0 bridgehead atoms. The van der Waals surface area contributed by atoms with Crippen LogP contribution >= 0.6 is 31.9 Å². The number of aryl methyl sites for hydroxylation is 1. The van der Waals surface area contributed by atoms with Crippen LogP contribution in [0.1, 0.15) is 29.3 Å². The van der Waals surface area contributed by atoms with Gasteiger partial charge in [0, 0.05) is 21.4 Å². The smallest absolute Gasteiger partial charge is 0.251 e. The summed E-state index contributed by atoms with van der Waals surface area (Å²) in [4.78, 5) is 12.2. The Labute approximate surface area is 113 Å². The van der Waals surface area contributed by atoms with Crippen molar-refractivity contribution in [1.29, 1.82) is 0 Å². The van der Waals surface area contributed by atoms with Gasteiger partial charge in [0.05, 0.1) is 0 Å². The summed E-state index contributed by atoms with van der Waals surface area (Å²) in [6.07, 6.45) is 1.000. The molecule has 1 unspecified atom stereocenters. The largest absolute Gasteiger partial charge is 0.351 e. The third kappa shape index (κ3) is 3.91. The molecule has 4 heteroatoms. The van der Waals surface area contributed by atoms with Crippen molar-refractivity contribution in [2.24, 2.45) is 0 Å². The predicted molar refractivity (Wildman–Crippen MR) is 74.2 cm³/mol. The summed E-state index contributed by atoms with van der Waals surface area (Å²) >= 11 is 6.87. The van der Waals surface area contributed by atoms with Crippen LogP contribution in [0.5, 0.6) is 0 Å². The molecule has 2 nitrogen and oxygen atoms in total. The molecule has 1 rings (SSSR count). The van der Waals surface area contributed by atoms with E-state index in [0.29, 0.717) is 11.4 Å². The molecule has 0 heterocycles. The maximum Gasteiger partial charge on any atom is 0.251 e. The highest BCUT2D eigenvalue weighted by molar-refractivity contribution is 9.10. The zero-order valence-electron chi connectivity index (χ0n) is 9.39. The Balaban J connectivity index is 2.66. The number of nitrogens with one attached hydrogen (secondary N) is 1. The first-order valence-electron chi connectivity index (χ1n) is 5.23. The third-order valence-electron chi connectivity index (χ3n) is 2.36. The van der Waals surface area contributed by atoms with Crippen molar-refractivity contribution in [2.45, 2.75) is 25.1 Å². The molecule has 1 amide bonds. The van der Waals surface area contributed by atoms with Gasteiger partial charge >= 0.3 is 0 Å². The first-order valence-corrected chi connectivity index (χ1v) is 6.94. The molecule has 0 saturated carbocycles. The Kier molecular flexibility index (Phi) is 5.49. The molecule has 1 atom stereocenters. The van der Waals surface area contributed by atoms with Crippen molar-refractivity contribution in [3.05, 3.63) is 33.8 Å². The summed E-state index contributed by atoms with van der Waals surface area (Å²) in [5.41, 5.74) is 1.72. The second-order valence-electron chi connectivity index (χ2n) is 3.67. The van der Waals surface area contributed by atoms with E-state index in [9.17, 15) is 4.79 Å². The molecular formula is C12H15Br2NO. The lowest BCUT2D eigenvalue weighted by molar-refractivity contribution is 0.0953. The number of amides is 1. The van der Waals surface area contributed by atoms with Crippen molar-refractivity contribution in [3.8, 4) is 0 Å². The van der Waals surface area contributed by atoms with E-state index in [1.807, 2.05) is 25.1 Å². The molecular weight excluding hydrogens is 334 g/mol. The number of hydrogen-bond donors (Lipinski definition) is 1. The predicted octanol–water partition coefficient (Wildman–Crippen LogP) is 3.66. The van der Waals surface area contributed by atoms with Gasteiger partial charge in [-0.15, -0.1) is 0 Å². The Morgan fingerprint density at radius 1 is 1.50 bits per heavy atom. The molecule has 0 saturated heterocycles. The fraction of sp³-hybridized carbons (Fsp3) is 0.417. The van der Waals surface area contributed by atoms with E-state index in [4.69, 9.17) is 0 Å². The number of benzene rings is 1. The molecule has 0 spiro atoms. The lowest BCUT2D eigenvalue weighted by atomic mass is 10.1. The molecule has 88 valence electrons. The van der Waals surface area contributed by atoms with E-state index in [1.54, 1.807) is 0 Å². The summed E-state index contributed by atoms with van der Waals surface area (Å²) in [5, 5.41) is 2.91. The van der Waals surface area contributed by atoms with Gasteiger partial charge in [-0.05, 0) is 37.1 Å². The summed E-state index contributed by atoms with van der Waals surface area (Å²) in [7, 11) is 0. The zero-order valence-corrected chi connectivity index (χ0v) is 12.6. The lowest BCUT2D eigenvalue weighted by Crippen LogP contribution is -2.29. The van der Waals surface area contributed by atoms with Gasteiger partial charge in [-0.1, -0.05) is 38.8 Å². The van der Waals surface area contributed by atoms with Crippen LogP contribution in [0.4, 0.5) is 0 Å². The molecule has 0 fully saturated rings. The molecule has 0 aliphatic carbocycles. The van der Waals surface area contributed by atoms with Gasteiger partial charge in [-0.2, -0.15) is 0 Å². The number of hydrogen-bond acceptors (Lipinski definition) is 1. The van der Waals surface area contributed by atoms with Crippen LogP contribution < -0.4 is 5.32 Å². The van der Waals surface area contributed by atoms with Crippen molar-refractivity contribution in [2.75, 3.05) is 6.54 Å². The van der Waals surface area contributed by atoms with E-state index < -0.39 is 0 Å². The number of alkyl halides is 1. The Morgan fingerprint density at radius 3 is 2.75 bits per heavy atom. The van der Waals surface area contributed by atoms with Gasteiger partial charge in [0.2, 0.25) is 0 Å². The minimum absolute atomic E-state index is 0.0112. The second kappa shape index (κ2) is 6.40. The van der Waals surface area contributed by atoms with Crippen molar-refractivity contribution in [1.82, 2.24) is 5.32 Å². The fourth-order valence-corrected chi connectivity index (χ4v) is 1.96. The van der Waals surface area contributed by atoms with Gasteiger partial charge in [0.25, 0.3) is 5.91 Å². The highest BCUT2D eigenvalue weighted by Crippen LogP contribution is 2.15. The van der Waals surface area contributed by atoms with Crippen LogP contribution in [0.15, 0.2) is 22.7 Å². The van der Waals surface area contributed by atoms with Crippen LogP contribution in [0.25, 0.3) is 0 Å². The first kappa shape index (κ1) is 13.7. The molecule has 0 radical (unpaired) electrons. The van der Waals surface area contributed by atoms with E-state index in [-0.39, 0.29) is 5.91 Å². The summed E-state index contributed by atoms with van der Waals surface area (Å²) < 4.78 is 0.994. The lowest BCUT2D eigenvalue weighted by Gasteiger charge is -2.10. The fourth-order valence-electron chi connectivity index (χ4n) is 1.32. The summed E-state index contributed by atoms with van der Waals surface area (Å²) in [6.45, 7) is 4.67. The van der Waals surface area contributed by atoms with Crippen molar-refractivity contribution >= 4 is 37.8 Å². The van der Waals surface area contributed by atoms with Crippen LogP contribution in [0.3, 0.4) is 0 Å². The monoisotopic (exact) mass is 347 g/mol. The van der Waals surface area contributed by atoms with Gasteiger partial charge in [0.15, 0.2) is 0 Å². The highest BCUT2D eigenvalue weighted by Gasteiger charge is 2.10. The SMILES string of the molecule is CCC(Br)CNC(=O)c1ccc(Br)cc1C. The summed E-state index contributed by atoms with van der Waals surface area (Å²) in [6, 6.07) is 5.66. The normalized spacial score (nSPS) is 12.2. The van der Waals surface area contributed by atoms with Crippen LogP contribution in [-0.4, -0.2) is 17.3 Å². The van der Waals surface area contributed by atoms with Gasteiger partial charge in [-0.3, -0.25) is 4.79 Å². The standard InChI is InChI=1S/C12H15Br2NO/c1-3-9(13)7-15-12(16)11-5-4-10(14)6-8(11)2/h4-6,9H,3,7H2,1-2H3,(H,15,16). The van der Waals surface area contributed by atoms with E-state index in [0.717, 1.165) is 22.0 Å². The Hall–Kier alpha value is -0.350. The van der Waals surface area contributed by atoms with Crippen molar-refractivity contribution in [3.63, 3.8) is 0 Å². The van der Waals surface area contributed by atoms with Crippen LogP contribution in [-0.2, 0) is 0 Å². The Morgan fingerprint density at radius 2 is 2.19 bits per heavy atom. The number of halogens is 2. The van der Waals surface area contributed by atoms with Crippen LogP contribution in [0.2, 0.25) is 0 Å². The van der Waals surface area contributed by atoms with Crippen LogP contribution in [0, 0.1) is 6.92 Å². The number of carbonyl (C=O) groups excluding carboxylic acids is 1. The highest BCUT2D eigenvalue weighted by atomic mass is 79.9. The molecule has 0 aromatic heterocycles. The first-order chi connectivity index (χ1) is 7.54. The van der Waals surface area contributed by atoms with E-state index >= 15 is 0 Å². The van der Waals surface area contributed by atoms with E-state index in [2.05, 4.69) is 44.1 Å². The molecule has 0 aliphatic heterocycles. The average Bonchev–Trinajstić information content (AvgIpc) is 2.25. The Bertz CT molecular complexity index is 379. The maximum absolute atomic E-state index is 11.8. The van der Waals surface area contributed by atoms with Gasteiger partial charge in [-0.25, -0.2) is 0 Å². The average molecular weight is 349 g/mol. The minimum Gasteiger partial charge on any atom is -0.351 e. The molecule has 1 aromatic rings. The third-order valence-corrected chi connectivity index (χ3v) is 3.82. The molecule has 1 N–H and O–H groups in total. The van der Waals surface area contributed by atoms with Crippen molar-refractivity contribution < 1.29 is 4.79 Å². The zero-order chi connectivity index (χ0) is 12.1. The second-order valence-corrected chi connectivity index (χ2v) is 5.89. The van der Waals surface area contributed by atoms with Gasteiger partial charge < -0.3 is 5.32 Å². The van der Waals surface area contributed by atoms with E-state index in [1.165, 1.54) is 0 Å². The van der Waals surface area contributed by atoms with Gasteiger partial charge in [0.1, 0.15) is 0 Å². The molecule has 0 aliphatic rings. The maximum atomic E-state index is 11.8. The summed E-state index contributed by atoms with van der Waals surface area (Å²) in [5.74, 6) is -0.0112. The molecule has 1 aromatic carbocycles. The number of carbonyl (C=O) groups is 1.